The number of thiocarbonyl (C=S) groups is 1. The van der Waals surface area contributed by atoms with Crippen molar-refractivity contribution < 1.29 is 9.53 Å². The first-order valence-corrected chi connectivity index (χ1v) is 4.36. The molecule has 0 heterocycles. The molecule has 0 bridgehead atoms. The van der Waals surface area contributed by atoms with Crippen LogP contribution in [0.5, 0.6) is 0 Å². The van der Waals surface area contributed by atoms with Crippen molar-refractivity contribution in [2.75, 3.05) is 6.61 Å². The zero-order chi connectivity index (χ0) is 9.40. The number of hydrogen-bond donors (Lipinski definition) is 0. The highest BCUT2D eigenvalue weighted by Crippen LogP contribution is 1.95. The van der Waals surface area contributed by atoms with E-state index in [2.05, 4.69) is 22.4 Å². The Bertz CT molecular complexity index is 187. The van der Waals surface area contributed by atoms with Crippen LogP contribution in [0.25, 0.3) is 0 Å². The van der Waals surface area contributed by atoms with E-state index < -0.39 is 6.04 Å². The molecule has 0 unspecified atom stereocenters. The van der Waals surface area contributed by atoms with Gasteiger partial charge in [-0.15, -0.1) is 0 Å². The fraction of sp³-hybridized carbons (Fsp3) is 0.750. The van der Waals surface area contributed by atoms with Gasteiger partial charge in [0.05, 0.1) is 11.8 Å². The van der Waals surface area contributed by atoms with E-state index >= 15 is 0 Å². The zero-order valence-corrected chi connectivity index (χ0v) is 8.19. The van der Waals surface area contributed by atoms with Gasteiger partial charge in [0, 0.05) is 0 Å². The van der Waals surface area contributed by atoms with Crippen LogP contribution in [0.3, 0.4) is 0 Å². The van der Waals surface area contributed by atoms with Crippen LogP contribution in [0.2, 0.25) is 0 Å². The first kappa shape index (κ1) is 11.3. The maximum atomic E-state index is 11.0. The topological polar surface area (TPSA) is 38.7 Å². The predicted octanol–water partition coefficient (Wildman–Crippen LogP) is 1.82. The Morgan fingerprint density at radius 3 is 2.92 bits per heavy atom. The number of carbonyl (C=O) groups excluding carboxylic acids is 1. The van der Waals surface area contributed by atoms with Crippen LogP contribution in [-0.4, -0.2) is 23.8 Å². The van der Waals surface area contributed by atoms with Crippen molar-refractivity contribution in [1.29, 1.82) is 0 Å². The smallest absolute Gasteiger partial charge is 0.331 e. The van der Waals surface area contributed by atoms with Gasteiger partial charge in [-0.1, -0.05) is 13.3 Å². The summed E-state index contributed by atoms with van der Waals surface area (Å²) in [6.07, 6.45) is 1.90. The SMILES string of the molecule is CCCCOC(=O)[C@H](C)N=C=S. The van der Waals surface area contributed by atoms with E-state index in [1.165, 1.54) is 0 Å². The van der Waals surface area contributed by atoms with Crippen molar-refractivity contribution in [3.8, 4) is 0 Å². The van der Waals surface area contributed by atoms with Crippen LogP contribution in [0.4, 0.5) is 0 Å². The number of carbonyl (C=O) groups is 1. The first-order valence-electron chi connectivity index (χ1n) is 3.96. The molecule has 0 aromatic heterocycles. The standard InChI is InChI=1S/C8H13NO2S/c1-3-4-5-11-8(10)7(2)9-6-12/h7H,3-5H2,1-2H3/t7-/m0/s1. The van der Waals surface area contributed by atoms with E-state index in [4.69, 9.17) is 4.74 Å². The van der Waals surface area contributed by atoms with Gasteiger partial charge < -0.3 is 4.74 Å². The zero-order valence-electron chi connectivity index (χ0n) is 7.37. The second-order valence-corrected chi connectivity index (χ2v) is 2.60. The molecule has 0 aromatic rings. The highest BCUT2D eigenvalue weighted by Gasteiger charge is 2.11. The number of hydrogen-bond acceptors (Lipinski definition) is 4. The largest absolute Gasteiger partial charge is 0.464 e. The van der Waals surface area contributed by atoms with E-state index in [-0.39, 0.29) is 5.97 Å². The van der Waals surface area contributed by atoms with Gasteiger partial charge in [-0.05, 0) is 25.6 Å². The molecule has 0 aliphatic rings. The minimum absolute atomic E-state index is 0.333. The summed E-state index contributed by atoms with van der Waals surface area (Å²) in [5, 5.41) is 2.15. The number of unbranched alkanes of at least 4 members (excludes halogenated alkanes) is 1. The molecular weight excluding hydrogens is 174 g/mol. The molecule has 0 amide bonds. The second kappa shape index (κ2) is 6.95. The Hall–Kier alpha value is -0.730. The van der Waals surface area contributed by atoms with Crippen LogP contribution < -0.4 is 0 Å². The lowest BCUT2D eigenvalue weighted by atomic mass is 10.3. The predicted molar refractivity (Wildman–Crippen MR) is 50.4 cm³/mol. The van der Waals surface area contributed by atoms with Crippen LogP contribution in [0.15, 0.2) is 4.99 Å². The van der Waals surface area contributed by atoms with E-state index in [0.29, 0.717) is 6.61 Å². The molecule has 0 aromatic carbocycles. The summed E-state index contributed by atoms with van der Waals surface area (Å²) in [4.78, 5) is 14.6. The molecule has 0 aliphatic carbocycles. The fourth-order valence-electron chi connectivity index (χ4n) is 0.569. The van der Waals surface area contributed by atoms with Gasteiger partial charge in [-0.3, -0.25) is 0 Å². The van der Waals surface area contributed by atoms with E-state index in [1.807, 2.05) is 6.92 Å². The van der Waals surface area contributed by atoms with E-state index in [9.17, 15) is 4.79 Å². The second-order valence-electron chi connectivity index (χ2n) is 2.42. The van der Waals surface area contributed by atoms with Crippen molar-refractivity contribution in [1.82, 2.24) is 0 Å². The molecule has 0 rings (SSSR count). The maximum absolute atomic E-state index is 11.0. The van der Waals surface area contributed by atoms with E-state index in [0.717, 1.165) is 12.8 Å². The molecule has 0 aliphatic heterocycles. The van der Waals surface area contributed by atoms with Crippen molar-refractivity contribution in [2.45, 2.75) is 32.7 Å². The average molecular weight is 187 g/mol. The lowest BCUT2D eigenvalue weighted by Crippen LogP contribution is -2.18. The number of rotatable bonds is 5. The fourth-order valence-corrected chi connectivity index (χ4v) is 0.728. The monoisotopic (exact) mass is 187 g/mol. The van der Waals surface area contributed by atoms with E-state index in [1.54, 1.807) is 6.92 Å². The average Bonchev–Trinajstić information content (AvgIpc) is 2.05. The molecule has 1 atom stereocenters. The molecule has 68 valence electrons. The molecule has 0 fully saturated rings. The molecule has 3 nitrogen and oxygen atoms in total. The van der Waals surface area contributed by atoms with Gasteiger partial charge in [0.15, 0.2) is 6.04 Å². The molecule has 0 spiro atoms. The highest BCUT2D eigenvalue weighted by atomic mass is 32.1. The Kier molecular flexibility index (Phi) is 6.53. The number of isothiocyanates is 1. The number of esters is 1. The quantitative estimate of drug-likeness (QED) is 0.285. The molecular formula is C8H13NO2S. The summed E-state index contributed by atoms with van der Waals surface area (Å²) >= 11 is 4.36. The van der Waals surface area contributed by atoms with Crippen LogP contribution in [-0.2, 0) is 9.53 Å². The Morgan fingerprint density at radius 2 is 2.42 bits per heavy atom. The molecule has 0 radical (unpaired) electrons. The summed E-state index contributed by atoms with van der Waals surface area (Å²) in [5.74, 6) is -0.333. The minimum atomic E-state index is -0.514. The Balaban J connectivity index is 3.64. The maximum Gasteiger partial charge on any atom is 0.331 e. The third-order valence-corrected chi connectivity index (χ3v) is 1.44. The summed E-state index contributed by atoms with van der Waals surface area (Å²) in [6.45, 7) is 4.13. The van der Waals surface area contributed by atoms with Crippen LogP contribution in [0, 0.1) is 0 Å². The summed E-state index contributed by atoms with van der Waals surface area (Å²) in [7, 11) is 0. The van der Waals surface area contributed by atoms with Crippen molar-refractivity contribution in [3.05, 3.63) is 0 Å². The lowest BCUT2D eigenvalue weighted by Gasteiger charge is -2.04. The molecule has 0 saturated heterocycles. The third kappa shape index (κ3) is 4.99. The van der Waals surface area contributed by atoms with Gasteiger partial charge in [0.25, 0.3) is 0 Å². The molecule has 0 saturated carbocycles. The Labute approximate surface area is 77.8 Å². The van der Waals surface area contributed by atoms with Gasteiger partial charge >= 0.3 is 5.97 Å². The number of aliphatic imine (C=N–C) groups is 1. The van der Waals surface area contributed by atoms with Crippen LogP contribution in [0.1, 0.15) is 26.7 Å². The first-order chi connectivity index (χ1) is 5.72. The van der Waals surface area contributed by atoms with Gasteiger partial charge in [-0.25, -0.2) is 9.79 Å². The highest BCUT2D eigenvalue weighted by molar-refractivity contribution is 7.78. The van der Waals surface area contributed by atoms with Crippen LogP contribution >= 0.6 is 12.2 Å². The number of ether oxygens (including phenoxy) is 1. The summed E-state index contributed by atoms with van der Waals surface area (Å²) in [5.41, 5.74) is 0. The number of nitrogens with zero attached hydrogens (tertiary/aromatic N) is 1. The Morgan fingerprint density at radius 1 is 1.75 bits per heavy atom. The summed E-state index contributed by atoms with van der Waals surface area (Å²) in [6, 6.07) is -0.514. The third-order valence-electron chi connectivity index (χ3n) is 1.33. The normalized spacial score (nSPS) is 11.5. The van der Waals surface area contributed by atoms with Gasteiger partial charge in [0.1, 0.15) is 0 Å². The lowest BCUT2D eigenvalue weighted by molar-refractivity contribution is -0.144. The minimum Gasteiger partial charge on any atom is -0.464 e. The molecule has 0 N–H and O–H groups in total. The summed E-state index contributed by atoms with van der Waals surface area (Å²) < 4.78 is 4.88. The molecule has 4 heteroatoms. The molecule has 12 heavy (non-hydrogen) atoms. The van der Waals surface area contributed by atoms with Crippen molar-refractivity contribution in [2.24, 2.45) is 4.99 Å². The van der Waals surface area contributed by atoms with Crippen molar-refractivity contribution >= 4 is 23.3 Å². The van der Waals surface area contributed by atoms with Gasteiger partial charge in [-0.2, -0.15) is 0 Å². The van der Waals surface area contributed by atoms with Gasteiger partial charge in [0.2, 0.25) is 0 Å². The van der Waals surface area contributed by atoms with Crippen molar-refractivity contribution in [3.63, 3.8) is 0 Å².